The van der Waals surface area contributed by atoms with Crippen molar-refractivity contribution in [2.24, 2.45) is 11.8 Å². The van der Waals surface area contributed by atoms with Crippen molar-refractivity contribution < 1.29 is 19.0 Å². The molecule has 3 atom stereocenters. The molecule has 1 saturated heterocycles. The highest BCUT2D eigenvalue weighted by atomic mass is 19.1. The summed E-state index contributed by atoms with van der Waals surface area (Å²) in [7, 11) is 0. The first-order valence-electron chi connectivity index (χ1n) is 9.18. The summed E-state index contributed by atoms with van der Waals surface area (Å²) in [6.07, 6.45) is 3.00. The molecule has 1 N–H and O–H groups in total. The van der Waals surface area contributed by atoms with E-state index in [9.17, 15) is 14.3 Å². The zero-order valence-corrected chi connectivity index (χ0v) is 15.1. The van der Waals surface area contributed by atoms with Crippen molar-refractivity contribution in [3.05, 3.63) is 47.8 Å². The van der Waals surface area contributed by atoms with Crippen molar-refractivity contribution in [3.63, 3.8) is 0 Å². The van der Waals surface area contributed by atoms with Crippen molar-refractivity contribution in [3.8, 4) is 11.5 Å². The SMILES string of the molecule is Cc1ccc(O[C@H]2C[C@@H]3CN(CC(=O)c4ccc(O)cn4)C[C@@H]3C2)c(F)n1. The number of carbonyl (C=O) groups is 1. The number of rotatable bonds is 5. The number of hydrogen-bond acceptors (Lipinski definition) is 6. The summed E-state index contributed by atoms with van der Waals surface area (Å²) in [5, 5.41) is 9.27. The van der Waals surface area contributed by atoms with Crippen LogP contribution in [0.15, 0.2) is 30.5 Å². The average molecular weight is 371 g/mol. The van der Waals surface area contributed by atoms with Gasteiger partial charge in [-0.25, -0.2) is 9.97 Å². The van der Waals surface area contributed by atoms with E-state index in [1.165, 1.54) is 12.3 Å². The van der Waals surface area contributed by atoms with Gasteiger partial charge in [-0.15, -0.1) is 0 Å². The second kappa shape index (κ2) is 7.23. The third-order valence-electron chi connectivity index (χ3n) is 5.43. The van der Waals surface area contributed by atoms with E-state index in [0.29, 0.717) is 29.8 Å². The number of ether oxygens (including phenoxy) is 1. The van der Waals surface area contributed by atoms with Crippen molar-refractivity contribution in [2.45, 2.75) is 25.9 Å². The molecule has 7 heteroatoms. The topological polar surface area (TPSA) is 75.5 Å². The Hall–Kier alpha value is -2.54. The Balaban J connectivity index is 1.30. The smallest absolute Gasteiger partial charge is 0.255 e. The summed E-state index contributed by atoms with van der Waals surface area (Å²) in [6, 6.07) is 6.41. The third-order valence-corrected chi connectivity index (χ3v) is 5.43. The number of Topliss-reactive ketones (excluding diaryl/α,β-unsaturated/α-hetero) is 1. The van der Waals surface area contributed by atoms with Gasteiger partial charge in [-0.2, -0.15) is 4.39 Å². The number of nitrogens with zero attached hydrogens (tertiary/aromatic N) is 3. The van der Waals surface area contributed by atoms with Gasteiger partial charge in [-0.1, -0.05) is 0 Å². The summed E-state index contributed by atoms with van der Waals surface area (Å²) in [6.45, 7) is 3.75. The quantitative estimate of drug-likeness (QED) is 0.643. The first-order chi connectivity index (χ1) is 13.0. The van der Waals surface area contributed by atoms with Gasteiger partial charge < -0.3 is 9.84 Å². The zero-order chi connectivity index (χ0) is 19.0. The molecule has 6 nitrogen and oxygen atoms in total. The molecule has 3 heterocycles. The van der Waals surface area contributed by atoms with E-state index in [0.717, 1.165) is 25.9 Å². The van der Waals surface area contributed by atoms with E-state index in [4.69, 9.17) is 4.74 Å². The van der Waals surface area contributed by atoms with Gasteiger partial charge in [0.1, 0.15) is 11.4 Å². The van der Waals surface area contributed by atoms with Crippen LogP contribution in [0.25, 0.3) is 0 Å². The van der Waals surface area contributed by atoms with Crippen LogP contribution in [-0.4, -0.2) is 51.5 Å². The number of aromatic hydroxyl groups is 1. The van der Waals surface area contributed by atoms with Crippen LogP contribution in [0, 0.1) is 24.7 Å². The van der Waals surface area contributed by atoms with E-state index in [2.05, 4.69) is 14.9 Å². The molecule has 0 spiro atoms. The minimum atomic E-state index is -0.555. The Bertz CT molecular complexity index is 829. The predicted octanol–water partition coefficient (Wildman–Crippen LogP) is 2.60. The van der Waals surface area contributed by atoms with Gasteiger partial charge in [-0.3, -0.25) is 9.69 Å². The normalized spacial score (nSPS) is 24.7. The molecule has 0 radical (unpaired) electrons. The molecule has 142 valence electrons. The molecule has 0 aromatic carbocycles. The largest absolute Gasteiger partial charge is 0.506 e. The Morgan fingerprint density at radius 2 is 2.00 bits per heavy atom. The van der Waals surface area contributed by atoms with Crippen LogP contribution in [-0.2, 0) is 0 Å². The van der Waals surface area contributed by atoms with Gasteiger partial charge in [0, 0.05) is 18.8 Å². The summed E-state index contributed by atoms with van der Waals surface area (Å²) in [5.41, 5.74) is 1.000. The maximum absolute atomic E-state index is 13.9. The number of halogens is 1. The number of carbonyl (C=O) groups excluding carboxylic acids is 1. The van der Waals surface area contributed by atoms with Gasteiger partial charge in [-0.05, 0) is 55.9 Å². The number of likely N-dealkylation sites (tertiary alicyclic amines) is 1. The van der Waals surface area contributed by atoms with Crippen LogP contribution in [0.4, 0.5) is 4.39 Å². The number of pyridine rings is 2. The lowest BCUT2D eigenvalue weighted by atomic mass is 10.0. The standard InChI is InChI=1S/C20H22FN3O3/c1-12-2-5-19(20(21)23-12)27-16-6-13-9-24(10-14(13)7-16)11-18(26)17-4-3-15(25)8-22-17/h2-5,8,13-14,16,25H,6-7,9-11H2,1H3/t13-,14+,16+. The molecule has 4 rings (SSSR count). The van der Waals surface area contributed by atoms with E-state index in [-0.39, 0.29) is 23.4 Å². The minimum absolute atomic E-state index is 0.00405. The van der Waals surface area contributed by atoms with Gasteiger partial charge in [0.25, 0.3) is 5.95 Å². The fraction of sp³-hybridized carbons (Fsp3) is 0.450. The second-order valence-electron chi connectivity index (χ2n) is 7.49. The number of hydrogen-bond donors (Lipinski definition) is 1. The van der Waals surface area contributed by atoms with Gasteiger partial charge in [0.15, 0.2) is 11.5 Å². The highest BCUT2D eigenvalue weighted by molar-refractivity contribution is 5.95. The lowest BCUT2D eigenvalue weighted by Gasteiger charge is -2.19. The summed E-state index contributed by atoms with van der Waals surface area (Å²) in [4.78, 5) is 22.3. The van der Waals surface area contributed by atoms with Crippen LogP contribution in [0.3, 0.4) is 0 Å². The molecule has 0 unspecified atom stereocenters. The second-order valence-corrected chi connectivity index (χ2v) is 7.49. The average Bonchev–Trinajstić information content (AvgIpc) is 3.15. The van der Waals surface area contributed by atoms with Crippen LogP contribution >= 0.6 is 0 Å². The minimum Gasteiger partial charge on any atom is -0.506 e. The zero-order valence-electron chi connectivity index (χ0n) is 15.1. The van der Waals surface area contributed by atoms with E-state index < -0.39 is 5.95 Å². The summed E-state index contributed by atoms with van der Waals surface area (Å²) >= 11 is 0. The highest BCUT2D eigenvalue weighted by Gasteiger charge is 2.42. The molecule has 27 heavy (non-hydrogen) atoms. The monoisotopic (exact) mass is 371 g/mol. The molecule has 1 aliphatic heterocycles. The Morgan fingerprint density at radius 3 is 2.63 bits per heavy atom. The van der Waals surface area contributed by atoms with Gasteiger partial charge >= 0.3 is 0 Å². The van der Waals surface area contributed by atoms with E-state index in [1.807, 2.05) is 0 Å². The first kappa shape index (κ1) is 17.9. The van der Waals surface area contributed by atoms with Gasteiger partial charge in [0.05, 0.1) is 18.8 Å². The summed E-state index contributed by atoms with van der Waals surface area (Å²) in [5.74, 6) is 0.579. The molecular formula is C20H22FN3O3. The van der Waals surface area contributed by atoms with Crippen molar-refractivity contribution >= 4 is 5.78 Å². The maximum atomic E-state index is 13.9. The van der Waals surface area contributed by atoms with Crippen molar-refractivity contribution in [2.75, 3.05) is 19.6 Å². The first-order valence-corrected chi connectivity index (χ1v) is 9.18. The fourth-order valence-electron chi connectivity index (χ4n) is 4.18. The highest BCUT2D eigenvalue weighted by Crippen LogP contribution is 2.40. The molecule has 0 bridgehead atoms. The Labute approximate surface area is 157 Å². The molecule has 2 fully saturated rings. The molecule has 0 amide bonds. The van der Waals surface area contributed by atoms with E-state index >= 15 is 0 Å². The number of aryl methyl sites for hydroxylation is 1. The van der Waals surface area contributed by atoms with Crippen LogP contribution in [0.5, 0.6) is 11.5 Å². The van der Waals surface area contributed by atoms with Gasteiger partial charge in [0.2, 0.25) is 0 Å². The maximum Gasteiger partial charge on any atom is 0.255 e. The lowest BCUT2D eigenvalue weighted by molar-refractivity contribution is 0.0931. The number of aromatic nitrogens is 2. The molecule has 2 aliphatic rings. The Morgan fingerprint density at radius 1 is 1.26 bits per heavy atom. The lowest BCUT2D eigenvalue weighted by Crippen LogP contribution is -2.30. The third kappa shape index (κ3) is 3.93. The molecule has 1 saturated carbocycles. The summed E-state index contributed by atoms with van der Waals surface area (Å²) < 4.78 is 19.7. The molecule has 2 aromatic rings. The number of ketones is 1. The molecule has 1 aliphatic carbocycles. The van der Waals surface area contributed by atoms with Crippen molar-refractivity contribution in [1.29, 1.82) is 0 Å². The van der Waals surface area contributed by atoms with Crippen LogP contribution < -0.4 is 4.74 Å². The number of fused-ring (bicyclic) bond motifs is 1. The van der Waals surface area contributed by atoms with E-state index in [1.54, 1.807) is 25.1 Å². The Kier molecular flexibility index (Phi) is 4.78. The fourth-order valence-corrected chi connectivity index (χ4v) is 4.18. The van der Waals surface area contributed by atoms with Crippen LogP contribution in [0.2, 0.25) is 0 Å². The predicted molar refractivity (Wildman–Crippen MR) is 96.2 cm³/mol. The molecular weight excluding hydrogens is 349 g/mol. The van der Waals surface area contributed by atoms with Crippen LogP contribution in [0.1, 0.15) is 29.0 Å². The molecule has 2 aromatic heterocycles. The van der Waals surface area contributed by atoms with Crippen molar-refractivity contribution in [1.82, 2.24) is 14.9 Å².